The van der Waals surface area contributed by atoms with Crippen LogP contribution in [-0.2, 0) is 16.6 Å². The van der Waals surface area contributed by atoms with Crippen molar-refractivity contribution in [3.63, 3.8) is 0 Å². The maximum atomic E-state index is 12.3. The van der Waals surface area contributed by atoms with E-state index in [0.717, 1.165) is 17.9 Å². The van der Waals surface area contributed by atoms with Gasteiger partial charge in [-0.15, -0.1) is 0 Å². The molecule has 1 aromatic heterocycles. The number of hydrogen-bond donors (Lipinski definition) is 1. The van der Waals surface area contributed by atoms with Crippen LogP contribution in [0.1, 0.15) is 36.8 Å². The van der Waals surface area contributed by atoms with Crippen molar-refractivity contribution in [2.45, 2.75) is 37.5 Å². The number of amides is 1. The third-order valence-corrected chi connectivity index (χ3v) is 5.53. The first-order valence-corrected chi connectivity index (χ1v) is 9.08. The average Bonchev–Trinajstić information content (AvgIpc) is 3.26. The lowest BCUT2D eigenvalue weighted by Gasteiger charge is -2.28. The fourth-order valence-corrected chi connectivity index (χ4v) is 4.22. The monoisotopic (exact) mass is 329 g/mol. The Hall–Kier alpha value is -1.81. The first kappa shape index (κ1) is 16.1. The Labute approximate surface area is 141 Å². The Morgan fingerprint density at radius 2 is 1.96 bits per heavy atom. The van der Waals surface area contributed by atoms with Crippen LogP contribution >= 0.6 is 11.3 Å². The van der Waals surface area contributed by atoms with Crippen molar-refractivity contribution >= 4 is 17.2 Å². The highest BCUT2D eigenvalue weighted by molar-refractivity contribution is 7.08. The molecule has 2 aromatic rings. The van der Waals surface area contributed by atoms with Gasteiger partial charge in [-0.3, -0.25) is 4.79 Å². The number of methoxy groups -OCH3 is 1. The first-order valence-electron chi connectivity index (χ1n) is 8.14. The summed E-state index contributed by atoms with van der Waals surface area (Å²) in [7, 11) is 1.65. The molecule has 0 bridgehead atoms. The molecule has 0 spiro atoms. The minimum Gasteiger partial charge on any atom is -0.497 e. The van der Waals surface area contributed by atoms with Crippen molar-refractivity contribution in [1.29, 1.82) is 0 Å². The molecule has 1 amide bonds. The van der Waals surface area contributed by atoms with Crippen LogP contribution in [0.15, 0.2) is 41.1 Å². The minimum atomic E-state index is 0.0941. The van der Waals surface area contributed by atoms with Crippen LogP contribution in [0.2, 0.25) is 0 Å². The van der Waals surface area contributed by atoms with Crippen LogP contribution in [0.4, 0.5) is 0 Å². The van der Waals surface area contributed by atoms with Gasteiger partial charge in [0.2, 0.25) is 5.91 Å². The Morgan fingerprint density at radius 1 is 1.22 bits per heavy atom. The van der Waals surface area contributed by atoms with Crippen molar-refractivity contribution in [2.24, 2.45) is 0 Å². The second-order valence-electron chi connectivity index (χ2n) is 6.30. The van der Waals surface area contributed by atoms with E-state index in [2.05, 4.69) is 22.1 Å². The van der Waals surface area contributed by atoms with E-state index in [-0.39, 0.29) is 11.3 Å². The number of carbonyl (C=O) groups excluding carboxylic acids is 1. The highest BCUT2D eigenvalue weighted by atomic mass is 32.1. The predicted molar refractivity (Wildman–Crippen MR) is 94.2 cm³/mol. The summed E-state index contributed by atoms with van der Waals surface area (Å²) in [5.74, 6) is 0.910. The SMILES string of the molecule is COc1ccc(CC(=O)NCC2(c3ccsc3)CCCC2)cc1. The molecule has 1 fully saturated rings. The molecule has 23 heavy (non-hydrogen) atoms. The molecule has 3 nitrogen and oxygen atoms in total. The van der Waals surface area contributed by atoms with Gasteiger partial charge < -0.3 is 10.1 Å². The van der Waals surface area contributed by atoms with Gasteiger partial charge in [0, 0.05) is 12.0 Å². The van der Waals surface area contributed by atoms with Crippen molar-refractivity contribution in [3.05, 3.63) is 52.2 Å². The van der Waals surface area contributed by atoms with Crippen molar-refractivity contribution in [3.8, 4) is 5.75 Å². The summed E-state index contributed by atoms with van der Waals surface area (Å²) < 4.78 is 5.14. The van der Waals surface area contributed by atoms with Crippen molar-refractivity contribution < 1.29 is 9.53 Å². The summed E-state index contributed by atoms with van der Waals surface area (Å²) in [6.07, 6.45) is 5.28. The van der Waals surface area contributed by atoms with E-state index >= 15 is 0 Å². The molecular formula is C19H23NO2S. The molecule has 0 radical (unpaired) electrons. The standard InChI is InChI=1S/C19H23NO2S/c1-22-17-6-4-15(5-7-17)12-18(21)20-14-19(9-2-3-10-19)16-8-11-23-13-16/h4-8,11,13H,2-3,9-10,12,14H2,1H3,(H,20,21). The van der Waals surface area contributed by atoms with Crippen LogP contribution in [0.25, 0.3) is 0 Å². The molecule has 1 saturated carbocycles. The number of rotatable bonds is 6. The summed E-state index contributed by atoms with van der Waals surface area (Å²) in [5.41, 5.74) is 2.55. The zero-order valence-electron chi connectivity index (χ0n) is 13.5. The van der Waals surface area contributed by atoms with Crippen LogP contribution in [0.5, 0.6) is 5.75 Å². The summed E-state index contributed by atoms with van der Waals surface area (Å²) in [6, 6.07) is 9.90. The third kappa shape index (κ3) is 3.75. The molecule has 1 aliphatic rings. The molecule has 1 N–H and O–H groups in total. The molecule has 4 heteroatoms. The number of carbonyl (C=O) groups is 1. The number of thiophene rings is 1. The summed E-state index contributed by atoms with van der Waals surface area (Å²) >= 11 is 1.74. The molecule has 0 atom stereocenters. The van der Waals surface area contributed by atoms with Gasteiger partial charge in [0.15, 0.2) is 0 Å². The van der Waals surface area contributed by atoms with Gasteiger partial charge >= 0.3 is 0 Å². The van der Waals surface area contributed by atoms with Gasteiger partial charge in [-0.1, -0.05) is 25.0 Å². The van der Waals surface area contributed by atoms with Gasteiger partial charge in [0.05, 0.1) is 13.5 Å². The largest absolute Gasteiger partial charge is 0.497 e. The van der Waals surface area contributed by atoms with E-state index in [1.807, 2.05) is 24.3 Å². The van der Waals surface area contributed by atoms with Crippen LogP contribution in [0.3, 0.4) is 0 Å². The Bertz CT molecular complexity index is 628. The fourth-order valence-electron chi connectivity index (χ4n) is 3.44. The molecule has 1 aliphatic carbocycles. The molecule has 0 unspecified atom stereocenters. The number of hydrogen-bond acceptors (Lipinski definition) is 3. The molecule has 1 aromatic carbocycles. The van der Waals surface area contributed by atoms with E-state index in [9.17, 15) is 4.79 Å². The number of nitrogens with one attached hydrogen (secondary N) is 1. The molecule has 0 aliphatic heterocycles. The third-order valence-electron chi connectivity index (χ3n) is 4.84. The molecule has 0 saturated heterocycles. The maximum Gasteiger partial charge on any atom is 0.224 e. The van der Waals surface area contributed by atoms with E-state index in [4.69, 9.17) is 4.74 Å². The Balaban J connectivity index is 1.59. The zero-order chi connectivity index (χ0) is 16.1. The van der Waals surface area contributed by atoms with Gasteiger partial charge in [-0.2, -0.15) is 11.3 Å². The lowest BCUT2D eigenvalue weighted by molar-refractivity contribution is -0.120. The van der Waals surface area contributed by atoms with Crippen LogP contribution < -0.4 is 10.1 Å². The first-order chi connectivity index (χ1) is 11.2. The topological polar surface area (TPSA) is 38.3 Å². The van der Waals surface area contributed by atoms with Crippen LogP contribution in [-0.4, -0.2) is 19.6 Å². The lowest BCUT2D eigenvalue weighted by atomic mass is 9.80. The number of benzene rings is 1. The van der Waals surface area contributed by atoms with Gasteiger partial charge in [0.1, 0.15) is 5.75 Å². The Morgan fingerprint density at radius 3 is 2.57 bits per heavy atom. The van der Waals surface area contributed by atoms with Gasteiger partial charge in [0.25, 0.3) is 0 Å². The molecular weight excluding hydrogens is 306 g/mol. The van der Waals surface area contributed by atoms with E-state index < -0.39 is 0 Å². The highest BCUT2D eigenvalue weighted by Gasteiger charge is 2.36. The minimum absolute atomic E-state index is 0.0941. The number of ether oxygens (including phenoxy) is 1. The second-order valence-corrected chi connectivity index (χ2v) is 7.08. The molecule has 122 valence electrons. The zero-order valence-corrected chi connectivity index (χ0v) is 14.3. The summed E-state index contributed by atoms with van der Waals surface area (Å²) in [4.78, 5) is 12.3. The normalized spacial score (nSPS) is 16.2. The van der Waals surface area contributed by atoms with E-state index in [1.54, 1.807) is 18.4 Å². The lowest BCUT2D eigenvalue weighted by Crippen LogP contribution is -2.39. The predicted octanol–water partition coefficient (Wildman–Crippen LogP) is 3.93. The van der Waals surface area contributed by atoms with E-state index in [1.165, 1.54) is 31.2 Å². The fraction of sp³-hybridized carbons (Fsp3) is 0.421. The Kier molecular flexibility index (Phi) is 5.01. The van der Waals surface area contributed by atoms with Crippen molar-refractivity contribution in [2.75, 3.05) is 13.7 Å². The van der Waals surface area contributed by atoms with Gasteiger partial charge in [-0.05, 0) is 52.9 Å². The van der Waals surface area contributed by atoms with Crippen LogP contribution in [0, 0.1) is 0 Å². The van der Waals surface area contributed by atoms with E-state index in [0.29, 0.717) is 6.42 Å². The molecule has 3 rings (SSSR count). The smallest absolute Gasteiger partial charge is 0.224 e. The summed E-state index contributed by atoms with van der Waals surface area (Å²) in [5, 5.41) is 7.54. The quantitative estimate of drug-likeness (QED) is 0.872. The molecule has 1 heterocycles. The highest BCUT2D eigenvalue weighted by Crippen LogP contribution is 2.41. The average molecular weight is 329 g/mol. The van der Waals surface area contributed by atoms with Gasteiger partial charge in [-0.25, -0.2) is 0 Å². The summed E-state index contributed by atoms with van der Waals surface area (Å²) in [6.45, 7) is 0.749. The van der Waals surface area contributed by atoms with Crippen molar-refractivity contribution in [1.82, 2.24) is 5.32 Å². The maximum absolute atomic E-state index is 12.3. The second kappa shape index (κ2) is 7.18.